The highest BCUT2D eigenvalue weighted by atomic mass is 16.1. The SMILES string of the molecule is CNC(=O)/C=C/c1ccc(C)cn1. The molecule has 0 saturated heterocycles. The van der Waals surface area contributed by atoms with Gasteiger partial charge in [-0.2, -0.15) is 0 Å². The van der Waals surface area contributed by atoms with Gasteiger partial charge in [-0.15, -0.1) is 0 Å². The van der Waals surface area contributed by atoms with E-state index in [-0.39, 0.29) is 5.91 Å². The zero-order valence-electron chi connectivity index (χ0n) is 7.74. The van der Waals surface area contributed by atoms with E-state index in [1.54, 1.807) is 19.3 Å². The lowest BCUT2D eigenvalue weighted by molar-refractivity contribution is -0.115. The Morgan fingerprint density at radius 1 is 1.54 bits per heavy atom. The van der Waals surface area contributed by atoms with Gasteiger partial charge in [0.25, 0.3) is 0 Å². The normalized spacial score (nSPS) is 10.3. The fraction of sp³-hybridized carbons (Fsp3) is 0.200. The minimum atomic E-state index is -0.123. The number of nitrogens with zero attached hydrogens (tertiary/aromatic N) is 1. The van der Waals surface area contributed by atoms with Crippen molar-refractivity contribution in [3.8, 4) is 0 Å². The molecule has 0 radical (unpaired) electrons. The van der Waals surface area contributed by atoms with Gasteiger partial charge in [-0.1, -0.05) is 6.07 Å². The summed E-state index contributed by atoms with van der Waals surface area (Å²) in [6.07, 6.45) is 4.90. The van der Waals surface area contributed by atoms with Gasteiger partial charge in [-0.3, -0.25) is 9.78 Å². The summed E-state index contributed by atoms with van der Waals surface area (Å²) in [5, 5.41) is 2.49. The number of aryl methyl sites for hydroxylation is 1. The molecule has 0 saturated carbocycles. The van der Waals surface area contributed by atoms with Gasteiger partial charge in [0, 0.05) is 19.3 Å². The highest BCUT2D eigenvalue weighted by Gasteiger charge is 1.90. The number of carbonyl (C=O) groups is 1. The summed E-state index contributed by atoms with van der Waals surface area (Å²) in [5.74, 6) is -0.123. The summed E-state index contributed by atoms with van der Waals surface area (Å²) in [5.41, 5.74) is 1.89. The number of hydrogen-bond acceptors (Lipinski definition) is 2. The molecule has 3 heteroatoms. The van der Waals surface area contributed by atoms with Crippen molar-refractivity contribution in [2.45, 2.75) is 6.92 Å². The molecule has 13 heavy (non-hydrogen) atoms. The van der Waals surface area contributed by atoms with Crippen LogP contribution in [0.25, 0.3) is 6.08 Å². The van der Waals surface area contributed by atoms with Crippen LogP contribution in [0.1, 0.15) is 11.3 Å². The molecule has 0 fully saturated rings. The molecular formula is C10H12N2O. The van der Waals surface area contributed by atoms with Crippen LogP contribution < -0.4 is 5.32 Å². The van der Waals surface area contributed by atoms with Crippen LogP contribution in [0.2, 0.25) is 0 Å². The number of aromatic nitrogens is 1. The molecule has 68 valence electrons. The minimum Gasteiger partial charge on any atom is -0.356 e. The van der Waals surface area contributed by atoms with E-state index in [1.165, 1.54) is 6.08 Å². The van der Waals surface area contributed by atoms with Crippen LogP contribution >= 0.6 is 0 Å². The number of hydrogen-bond donors (Lipinski definition) is 1. The molecule has 0 bridgehead atoms. The highest BCUT2D eigenvalue weighted by Crippen LogP contribution is 1.99. The number of amides is 1. The van der Waals surface area contributed by atoms with Crippen LogP contribution in [0.15, 0.2) is 24.4 Å². The molecule has 0 aliphatic carbocycles. The van der Waals surface area contributed by atoms with Crippen LogP contribution in [0, 0.1) is 6.92 Å². The average Bonchev–Trinajstić information content (AvgIpc) is 2.16. The van der Waals surface area contributed by atoms with E-state index in [1.807, 2.05) is 19.1 Å². The highest BCUT2D eigenvalue weighted by molar-refractivity contribution is 5.91. The number of rotatable bonds is 2. The molecule has 1 rings (SSSR count). The summed E-state index contributed by atoms with van der Waals surface area (Å²) in [7, 11) is 1.59. The van der Waals surface area contributed by atoms with Crippen LogP contribution in [0.5, 0.6) is 0 Å². The van der Waals surface area contributed by atoms with E-state index < -0.39 is 0 Å². The Balaban J connectivity index is 2.69. The summed E-state index contributed by atoms with van der Waals surface area (Å²) >= 11 is 0. The van der Waals surface area contributed by atoms with E-state index in [0.29, 0.717) is 0 Å². The fourth-order valence-corrected chi connectivity index (χ4v) is 0.822. The smallest absolute Gasteiger partial charge is 0.243 e. The second-order valence-electron chi connectivity index (χ2n) is 2.71. The van der Waals surface area contributed by atoms with Gasteiger partial charge < -0.3 is 5.32 Å². The second kappa shape index (κ2) is 4.40. The van der Waals surface area contributed by atoms with E-state index >= 15 is 0 Å². The molecule has 0 aromatic carbocycles. The third-order valence-electron chi connectivity index (χ3n) is 1.59. The first-order valence-corrected chi connectivity index (χ1v) is 4.05. The maximum Gasteiger partial charge on any atom is 0.243 e. The summed E-state index contributed by atoms with van der Waals surface area (Å²) in [6, 6.07) is 3.82. The molecule has 1 aromatic heterocycles. The second-order valence-corrected chi connectivity index (χ2v) is 2.71. The zero-order chi connectivity index (χ0) is 9.68. The van der Waals surface area contributed by atoms with E-state index in [4.69, 9.17) is 0 Å². The molecule has 1 aromatic rings. The van der Waals surface area contributed by atoms with Crippen LogP contribution in [0.3, 0.4) is 0 Å². The Morgan fingerprint density at radius 3 is 2.85 bits per heavy atom. The first-order chi connectivity index (χ1) is 6.22. The van der Waals surface area contributed by atoms with Gasteiger partial charge >= 0.3 is 0 Å². The van der Waals surface area contributed by atoms with Crippen molar-refractivity contribution in [3.63, 3.8) is 0 Å². The maximum absolute atomic E-state index is 10.8. The summed E-state index contributed by atoms with van der Waals surface area (Å²) < 4.78 is 0. The van der Waals surface area contributed by atoms with Gasteiger partial charge in [0.05, 0.1) is 5.69 Å². The monoisotopic (exact) mass is 176 g/mol. The number of carbonyl (C=O) groups excluding carboxylic acids is 1. The fourth-order valence-electron chi connectivity index (χ4n) is 0.822. The molecule has 1 N–H and O–H groups in total. The first-order valence-electron chi connectivity index (χ1n) is 4.05. The van der Waals surface area contributed by atoms with Gasteiger partial charge in [-0.05, 0) is 24.6 Å². The van der Waals surface area contributed by atoms with Crippen molar-refractivity contribution in [1.29, 1.82) is 0 Å². The zero-order valence-corrected chi connectivity index (χ0v) is 7.74. The molecule has 0 aliphatic heterocycles. The molecule has 0 spiro atoms. The minimum absolute atomic E-state index is 0.123. The molecule has 0 aliphatic rings. The van der Waals surface area contributed by atoms with Gasteiger partial charge in [-0.25, -0.2) is 0 Å². The lowest BCUT2D eigenvalue weighted by atomic mass is 10.2. The van der Waals surface area contributed by atoms with E-state index in [0.717, 1.165) is 11.3 Å². The third-order valence-corrected chi connectivity index (χ3v) is 1.59. The number of nitrogens with one attached hydrogen (secondary N) is 1. The average molecular weight is 176 g/mol. The largest absolute Gasteiger partial charge is 0.356 e. The summed E-state index contributed by atoms with van der Waals surface area (Å²) in [4.78, 5) is 14.9. The lowest BCUT2D eigenvalue weighted by Gasteiger charge is -1.93. The van der Waals surface area contributed by atoms with Crippen LogP contribution in [-0.4, -0.2) is 17.9 Å². The Labute approximate surface area is 77.5 Å². The van der Waals surface area contributed by atoms with Crippen molar-refractivity contribution >= 4 is 12.0 Å². The molecule has 1 amide bonds. The van der Waals surface area contributed by atoms with Crippen molar-refractivity contribution in [3.05, 3.63) is 35.7 Å². The Bertz CT molecular complexity index is 314. The van der Waals surface area contributed by atoms with Gasteiger partial charge in [0.2, 0.25) is 5.91 Å². The predicted octanol–water partition coefficient (Wildman–Crippen LogP) is 1.15. The Hall–Kier alpha value is -1.64. The van der Waals surface area contributed by atoms with Crippen LogP contribution in [-0.2, 0) is 4.79 Å². The summed E-state index contributed by atoms with van der Waals surface area (Å²) in [6.45, 7) is 1.97. The third kappa shape index (κ3) is 3.07. The van der Waals surface area contributed by atoms with Crippen molar-refractivity contribution in [1.82, 2.24) is 10.3 Å². The van der Waals surface area contributed by atoms with Gasteiger partial charge in [0.1, 0.15) is 0 Å². The topological polar surface area (TPSA) is 42.0 Å². The van der Waals surface area contributed by atoms with E-state index in [2.05, 4.69) is 10.3 Å². The predicted molar refractivity (Wildman–Crippen MR) is 52.1 cm³/mol. The lowest BCUT2D eigenvalue weighted by Crippen LogP contribution is -2.13. The van der Waals surface area contributed by atoms with E-state index in [9.17, 15) is 4.79 Å². The number of pyridine rings is 1. The van der Waals surface area contributed by atoms with Crippen molar-refractivity contribution in [2.24, 2.45) is 0 Å². The number of likely N-dealkylation sites (N-methyl/N-ethyl adjacent to an activating group) is 1. The maximum atomic E-state index is 10.8. The molecule has 3 nitrogen and oxygen atoms in total. The van der Waals surface area contributed by atoms with Crippen molar-refractivity contribution in [2.75, 3.05) is 7.05 Å². The van der Waals surface area contributed by atoms with Crippen molar-refractivity contribution < 1.29 is 4.79 Å². The molecular weight excluding hydrogens is 164 g/mol. The van der Waals surface area contributed by atoms with Crippen LogP contribution in [0.4, 0.5) is 0 Å². The molecule has 0 atom stereocenters. The van der Waals surface area contributed by atoms with Gasteiger partial charge in [0.15, 0.2) is 0 Å². The Morgan fingerprint density at radius 2 is 2.31 bits per heavy atom. The molecule has 0 unspecified atom stereocenters. The first kappa shape index (κ1) is 9.45. The quantitative estimate of drug-likeness (QED) is 0.687. The standard InChI is InChI=1S/C10H12N2O/c1-8-3-4-9(12-7-8)5-6-10(13)11-2/h3-7H,1-2H3,(H,11,13)/b6-5+. The molecule has 1 heterocycles. The Kier molecular flexibility index (Phi) is 3.20.